The number of rotatable bonds is 2. The maximum Gasteiger partial charge on any atom is 0.119 e. The van der Waals surface area contributed by atoms with Crippen molar-refractivity contribution in [3.8, 4) is 5.75 Å². The highest BCUT2D eigenvalue weighted by molar-refractivity contribution is 6.30. The minimum Gasteiger partial charge on any atom is -0.497 e. The first-order valence-corrected chi connectivity index (χ1v) is 6.67. The Hall–Kier alpha value is -1.51. The highest BCUT2D eigenvalue weighted by Crippen LogP contribution is 2.43. The summed E-state index contributed by atoms with van der Waals surface area (Å²) in [7, 11) is 1.63. The SMILES string of the molecule is COc1ccc2c(c1)C(O)(c1cccc(Cl)c1)CC2. The van der Waals surface area contributed by atoms with Crippen molar-refractivity contribution in [3.05, 3.63) is 64.2 Å². The molecule has 0 aromatic heterocycles. The van der Waals surface area contributed by atoms with Crippen molar-refractivity contribution in [1.29, 1.82) is 0 Å². The van der Waals surface area contributed by atoms with E-state index in [4.69, 9.17) is 16.3 Å². The predicted molar refractivity (Wildman–Crippen MR) is 75.8 cm³/mol. The van der Waals surface area contributed by atoms with Crippen LogP contribution < -0.4 is 4.74 Å². The molecule has 3 rings (SSSR count). The van der Waals surface area contributed by atoms with Crippen LogP contribution >= 0.6 is 11.6 Å². The molecule has 0 amide bonds. The van der Waals surface area contributed by atoms with E-state index in [0.717, 1.165) is 23.3 Å². The van der Waals surface area contributed by atoms with Crippen LogP contribution in [0.25, 0.3) is 0 Å². The van der Waals surface area contributed by atoms with Gasteiger partial charge >= 0.3 is 0 Å². The summed E-state index contributed by atoms with van der Waals surface area (Å²) in [6.45, 7) is 0. The van der Waals surface area contributed by atoms with Crippen LogP contribution in [0.15, 0.2) is 42.5 Å². The van der Waals surface area contributed by atoms with Crippen LogP contribution in [0.3, 0.4) is 0 Å². The van der Waals surface area contributed by atoms with Crippen LogP contribution in [0.1, 0.15) is 23.1 Å². The second-order valence-electron chi connectivity index (χ2n) is 4.89. The molecule has 0 heterocycles. The summed E-state index contributed by atoms with van der Waals surface area (Å²) in [6.07, 6.45) is 1.54. The number of hydrogen-bond acceptors (Lipinski definition) is 2. The van der Waals surface area contributed by atoms with Gasteiger partial charge in [0.2, 0.25) is 0 Å². The normalized spacial score (nSPS) is 21.2. The number of methoxy groups -OCH3 is 1. The van der Waals surface area contributed by atoms with Crippen molar-refractivity contribution in [2.45, 2.75) is 18.4 Å². The van der Waals surface area contributed by atoms with E-state index in [2.05, 4.69) is 0 Å². The summed E-state index contributed by atoms with van der Waals surface area (Å²) in [4.78, 5) is 0. The summed E-state index contributed by atoms with van der Waals surface area (Å²) in [5.41, 5.74) is 1.97. The van der Waals surface area contributed by atoms with Crippen LogP contribution in [0.5, 0.6) is 5.75 Å². The second-order valence-corrected chi connectivity index (χ2v) is 5.33. The monoisotopic (exact) mass is 274 g/mol. The molecule has 2 nitrogen and oxygen atoms in total. The van der Waals surface area contributed by atoms with Crippen LogP contribution in [0.4, 0.5) is 0 Å². The standard InChI is InChI=1S/C16H15ClO2/c1-19-14-6-5-11-7-8-16(18,15(11)10-14)12-3-2-4-13(17)9-12/h2-6,9-10,18H,7-8H2,1H3. The molecule has 1 atom stereocenters. The summed E-state index contributed by atoms with van der Waals surface area (Å²) in [6, 6.07) is 13.3. The largest absolute Gasteiger partial charge is 0.497 e. The fraction of sp³-hybridized carbons (Fsp3) is 0.250. The first-order chi connectivity index (χ1) is 9.13. The predicted octanol–water partition coefficient (Wildman–Crippen LogP) is 3.53. The number of benzene rings is 2. The van der Waals surface area contributed by atoms with E-state index in [1.54, 1.807) is 7.11 Å². The van der Waals surface area contributed by atoms with Gasteiger partial charge in [-0.1, -0.05) is 29.8 Å². The average Bonchev–Trinajstić information content (AvgIpc) is 2.77. The van der Waals surface area contributed by atoms with Crippen molar-refractivity contribution >= 4 is 11.6 Å². The molecule has 2 aromatic rings. The molecular weight excluding hydrogens is 260 g/mol. The third-order valence-corrected chi connectivity index (χ3v) is 4.06. The molecule has 0 saturated carbocycles. The fourth-order valence-corrected chi connectivity index (χ4v) is 2.97. The maximum absolute atomic E-state index is 11.0. The van der Waals surface area contributed by atoms with E-state index in [1.165, 1.54) is 5.56 Å². The van der Waals surface area contributed by atoms with E-state index in [-0.39, 0.29) is 0 Å². The molecule has 0 bridgehead atoms. The quantitative estimate of drug-likeness (QED) is 0.908. The van der Waals surface area contributed by atoms with Gasteiger partial charge in [0.1, 0.15) is 11.4 Å². The average molecular weight is 275 g/mol. The number of fused-ring (bicyclic) bond motifs is 1. The number of halogens is 1. The van der Waals surface area contributed by atoms with Gasteiger partial charge in [-0.3, -0.25) is 0 Å². The molecule has 0 fully saturated rings. The van der Waals surface area contributed by atoms with Crippen LogP contribution in [0, 0.1) is 0 Å². The van der Waals surface area contributed by atoms with E-state index in [9.17, 15) is 5.11 Å². The molecule has 98 valence electrons. The van der Waals surface area contributed by atoms with Gasteiger partial charge in [-0.05, 0) is 53.8 Å². The van der Waals surface area contributed by atoms with Gasteiger partial charge in [0, 0.05) is 5.02 Å². The lowest BCUT2D eigenvalue weighted by molar-refractivity contribution is 0.0827. The Morgan fingerprint density at radius 2 is 2.05 bits per heavy atom. The van der Waals surface area contributed by atoms with Crippen LogP contribution in [-0.4, -0.2) is 12.2 Å². The summed E-state index contributed by atoms with van der Waals surface area (Å²) in [5.74, 6) is 0.765. The zero-order chi connectivity index (χ0) is 13.5. The lowest BCUT2D eigenvalue weighted by atomic mass is 9.88. The number of aliphatic hydroxyl groups is 1. The van der Waals surface area contributed by atoms with E-state index in [1.807, 2.05) is 42.5 Å². The van der Waals surface area contributed by atoms with Gasteiger partial charge in [0.05, 0.1) is 7.11 Å². The Morgan fingerprint density at radius 3 is 2.79 bits per heavy atom. The van der Waals surface area contributed by atoms with Crippen LogP contribution in [-0.2, 0) is 12.0 Å². The molecular formula is C16H15ClO2. The summed E-state index contributed by atoms with van der Waals surface area (Å²) >= 11 is 6.04. The number of aryl methyl sites for hydroxylation is 1. The van der Waals surface area contributed by atoms with Gasteiger partial charge in [0.25, 0.3) is 0 Å². The minimum absolute atomic E-state index is 0.641. The molecule has 1 aliphatic carbocycles. The lowest BCUT2D eigenvalue weighted by Crippen LogP contribution is -2.23. The lowest BCUT2D eigenvalue weighted by Gasteiger charge is -2.25. The molecule has 0 spiro atoms. The zero-order valence-corrected chi connectivity index (χ0v) is 11.4. The molecule has 2 aromatic carbocycles. The van der Waals surface area contributed by atoms with Crippen molar-refractivity contribution in [2.24, 2.45) is 0 Å². The van der Waals surface area contributed by atoms with Crippen molar-refractivity contribution < 1.29 is 9.84 Å². The second kappa shape index (κ2) is 4.55. The highest BCUT2D eigenvalue weighted by Gasteiger charge is 2.38. The van der Waals surface area contributed by atoms with E-state index >= 15 is 0 Å². The molecule has 0 aliphatic heterocycles. The van der Waals surface area contributed by atoms with Gasteiger partial charge in [-0.2, -0.15) is 0 Å². The number of hydrogen-bond donors (Lipinski definition) is 1. The topological polar surface area (TPSA) is 29.5 Å². The molecule has 19 heavy (non-hydrogen) atoms. The summed E-state index contributed by atoms with van der Waals surface area (Å²) < 4.78 is 5.26. The third kappa shape index (κ3) is 2.01. The fourth-order valence-electron chi connectivity index (χ4n) is 2.78. The Kier molecular flexibility index (Phi) is 3.00. The van der Waals surface area contributed by atoms with Crippen molar-refractivity contribution in [2.75, 3.05) is 7.11 Å². The Morgan fingerprint density at radius 1 is 1.21 bits per heavy atom. The zero-order valence-electron chi connectivity index (χ0n) is 10.7. The first kappa shape index (κ1) is 12.5. The van der Waals surface area contributed by atoms with Gasteiger partial charge in [-0.25, -0.2) is 0 Å². The van der Waals surface area contributed by atoms with Gasteiger partial charge in [0.15, 0.2) is 0 Å². The van der Waals surface area contributed by atoms with E-state index < -0.39 is 5.60 Å². The number of ether oxygens (including phenoxy) is 1. The molecule has 1 aliphatic rings. The highest BCUT2D eigenvalue weighted by atomic mass is 35.5. The van der Waals surface area contributed by atoms with Gasteiger partial charge < -0.3 is 9.84 Å². The Labute approximate surface area is 117 Å². The molecule has 1 N–H and O–H groups in total. The molecule has 0 radical (unpaired) electrons. The Balaban J connectivity index is 2.13. The van der Waals surface area contributed by atoms with Gasteiger partial charge in [-0.15, -0.1) is 0 Å². The molecule has 0 saturated heterocycles. The van der Waals surface area contributed by atoms with Crippen molar-refractivity contribution in [1.82, 2.24) is 0 Å². The molecule has 3 heteroatoms. The van der Waals surface area contributed by atoms with E-state index in [0.29, 0.717) is 11.4 Å². The minimum atomic E-state index is -0.964. The summed E-state index contributed by atoms with van der Waals surface area (Å²) in [5, 5.41) is 11.7. The van der Waals surface area contributed by atoms with Crippen LogP contribution in [0.2, 0.25) is 5.02 Å². The molecule has 1 unspecified atom stereocenters. The van der Waals surface area contributed by atoms with Crippen molar-refractivity contribution in [3.63, 3.8) is 0 Å². The Bertz CT molecular complexity index is 624. The third-order valence-electron chi connectivity index (χ3n) is 3.82. The first-order valence-electron chi connectivity index (χ1n) is 6.29. The maximum atomic E-state index is 11.0. The smallest absolute Gasteiger partial charge is 0.119 e.